The molecule has 1 aromatic heterocycles. The number of aromatic nitrogens is 1. The molecule has 0 fully saturated rings. The summed E-state index contributed by atoms with van der Waals surface area (Å²) in [7, 11) is 0. The molecule has 0 aromatic carbocycles. The van der Waals surface area contributed by atoms with E-state index in [-0.39, 0.29) is 12.6 Å². The molecular weight excluding hydrogens is 176 g/mol. The molecule has 0 saturated carbocycles. The minimum Gasteiger partial charge on any atom is -0.390 e. The molecule has 3 heteroatoms. The van der Waals surface area contributed by atoms with Crippen LogP contribution in [0.25, 0.3) is 0 Å². The van der Waals surface area contributed by atoms with E-state index in [2.05, 4.69) is 11.9 Å². The van der Waals surface area contributed by atoms with E-state index in [0.717, 1.165) is 25.0 Å². The topological polar surface area (TPSA) is 59.1 Å². The molecule has 0 aliphatic carbocycles. The van der Waals surface area contributed by atoms with Gasteiger partial charge in [0.2, 0.25) is 0 Å². The molecule has 78 valence electrons. The third-order valence-electron chi connectivity index (χ3n) is 2.24. The van der Waals surface area contributed by atoms with Crippen LogP contribution in [0.1, 0.15) is 43.6 Å². The van der Waals surface area contributed by atoms with Crippen molar-refractivity contribution in [3.8, 4) is 0 Å². The van der Waals surface area contributed by atoms with Gasteiger partial charge in [-0.05, 0) is 18.6 Å². The van der Waals surface area contributed by atoms with Gasteiger partial charge in [0.25, 0.3) is 0 Å². The average molecular weight is 194 g/mol. The highest BCUT2D eigenvalue weighted by Crippen LogP contribution is 2.14. The maximum Gasteiger partial charge on any atom is 0.0853 e. The van der Waals surface area contributed by atoms with Crippen molar-refractivity contribution in [3.63, 3.8) is 0 Å². The second-order valence-corrected chi connectivity index (χ2v) is 3.46. The molecule has 0 radical (unpaired) electrons. The first-order chi connectivity index (χ1) is 6.77. The lowest BCUT2D eigenvalue weighted by molar-refractivity contribution is 0.276. The Bertz CT molecular complexity index is 276. The Morgan fingerprint density at radius 3 is 2.93 bits per heavy atom. The zero-order valence-corrected chi connectivity index (χ0v) is 8.61. The number of hydrogen-bond donors (Lipinski definition) is 2. The van der Waals surface area contributed by atoms with Gasteiger partial charge in [-0.2, -0.15) is 0 Å². The lowest BCUT2D eigenvalue weighted by Gasteiger charge is -2.10. The molecule has 0 bridgehead atoms. The summed E-state index contributed by atoms with van der Waals surface area (Å²) in [5.74, 6) is 0. The maximum atomic E-state index is 8.92. The SMILES string of the molecule is CCCC[C@@H](N)c1cccc(CO)n1. The number of aliphatic hydroxyl groups is 1. The van der Waals surface area contributed by atoms with Crippen LogP contribution in [0.3, 0.4) is 0 Å². The molecule has 0 aliphatic heterocycles. The molecule has 1 atom stereocenters. The second kappa shape index (κ2) is 5.73. The third kappa shape index (κ3) is 3.09. The van der Waals surface area contributed by atoms with Crippen LogP contribution in [-0.4, -0.2) is 10.1 Å². The Kier molecular flexibility index (Phi) is 4.56. The van der Waals surface area contributed by atoms with Crippen molar-refractivity contribution >= 4 is 0 Å². The fraction of sp³-hybridized carbons (Fsp3) is 0.545. The monoisotopic (exact) mass is 194 g/mol. The van der Waals surface area contributed by atoms with Gasteiger partial charge in [0.1, 0.15) is 0 Å². The van der Waals surface area contributed by atoms with E-state index >= 15 is 0 Å². The Labute approximate surface area is 85.0 Å². The van der Waals surface area contributed by atoms with Crippen molar-refractivity contribution in [2.24, 2.45) is 5.73 Å². The normalized spacial score (nSPS) is 12.8. The van der Waals surface area contributed by atoms with Crippen LogP contribution in [-0.2, 0) is 6.61 Å². The Morgan fingerprint density at radius 2 is 2.29 bits per heavy atom. The highest BCUT2D eigenvalue weighted by Gasteiger charge is 2.06. The summed E-state index contributed by atoms with van der Waals surface area (Å²) in [5.41, 5.74) is 7.53. The van der Waals surface area contributed by atoms with E-state index in [1.54, 1.807) is 6.07 Å². The fourth-order valence-electron chi connectivity index (χ4n) is 1.36. The third-order valence-corrected chi connectivity index (χ3v) is 2.24. The summed E-state index contributed by atoms with van der Waals surface area (Å²) in [4.78, 5) is 4.27. The summed E-state index contributed by atoms with van der Waals surface area (Å²) in [6.45, 7) is 2.12. The minimum absolute atomic E-state index is 0.00134. The molecule has 0 saturated heterocycles. The fourth-order valence-corrected chi connectivity index (χ4v) is 1.36. The van der Waals surface area contributed by atoms with Crippen LogP contribution < -0.4 is 5.73 Å². The van der Waals surface area contributed by atoms with Gasteiger partial charge in [-0.3, -0.25) is 4.98 Å². The number of rotatable bonds is 5. The van der Waals surface area contributed by atoms with Gasteiger partial charge >= 0.3 is 0 Å². The Balaban J connectivity index is 2.64. The van der Waals surface area contributed by atoms with Gasteiger partial charge in [0.15, 0.2) is 0 Å². The lowest BCUT2D eigenvalue weighted by Crippen LogP contribution is -2.12. The second-order valence-electron chi connectivity index (χ2n) is 3.46. The van der Waals surface area contributed by atoms with Gasteiger partial charge in [-0.1, -0.05) is 25.8 Å². The van der Waals surface area contributed by atoms with Crippen LogP contribution in [0, 0.1) is 0 Å². The van der Waals surface area contributed by atoms with Crippen LogP contribution in [0.4, 0.5) is 0 Å². The van der Waals surface area contributed by atoms with Gasteiger partial charge in [-0.25, -0.2) is 0 Å². The van der Waals surface area contributed by atoms with E-state index in [1.165, 1.54) is 0 Å². The van der Waals surface area contributed by atoms with Crippen LogP contribution in [0.2, 0.25) is 0 Å². The molecule has 14 heavy (non-hydrogen) atoms. The minimum atomic E-state index is -0.0195. The standard InChI is InChI=1S/C11H18N2O/c1-2-3-6-10(12)11-7-4-5-9(8-14)13-11/h4-5,7,10,14H,2-3,6,8,12H2,1H3/t10-/m1/s1. The molecular formula is C11H18N2O. The van der Waals surface area contributed by atoms with Crippen molar-refractivity contribution < 1.29 is 5.11 Å². The number of nitrogens with two attached hydrogens (primary N) is 1. The van der Waals surface area contributed by atoms with Crippen molar-refractivity contribution in [2.45, 2.75) is 38.8 Å². The number of pyridine rings is 1. The lowest BCUT2D eigenvalue weighted by atomic mass is 10.1. The average Bonchev–Trinajstić information content (AvgIpc) is 2.26. The summed E-state index contributed by atoms with van der Waals surface area (Å²) >= 11 is 0. The van der Waals surface area contributed by atoms with Crippen LogP contribution in [0.5, 0.6) is 0 Å². The molecule has 1 aromatic rings. The van der Waals surface area contributed by atoms with E-state index in [4.69, 9.17) is 10.8 Å². The van der Waals surface area contributed by atoms with Gasteiger partial charge < -0.3 is 10.8 Å². The van der Waals surface area contributed by atoms with Crippen LogP contribution in [0.15, 0.2) is 18.2 Å². The van der Waals surface area contributed by atoms with E-state index in [1.807, 2.05) is 12.1 Å². The maximum absolute atomic E-state index is 8.92. The molecule has 1 rings (SSSR count). The van der Waals surface area contributed by atoms with Gasteiger partial charge in [0, 0.05) is 6.04 Å². The number of unbranched alkanes of at least 4 members (excludes halogenated alkanes) is 1. The number of aliphatic hydroxyl groups excluding tert-OH is 1. The molecule has 1 heterocycles. The first kappa shape index (κ1) is 11.1. The van der Waals surface area contributed by atoms with E-state index < -0.39 is 0 Å². The number of hydrogen-bond acceptors (Lipinski definition) is 3. The van der Waals surface area contributed by atoms with Crippen LogP contribution >= 0.6 is 0 Å². The molecule has 0 spiro atoms. The summed E-state index contributed by atoms with van der Waals surface area (Å²) in [6.07, 6.45) is 3.22. The Morgan fingerprint density at radius 1 is 1.50 bits per heavy atom. The molecule has 0 unspecified atom stereocenters. The van der Waals surface area contributed by atoms with Crippen molar-refractivity contribution in [2.75, 3.05) is 0 Å². The first-order valence-corrected chi connectivity index (χ1v) is 5.10. The van der Waals surface area contributed by atoms with E-state index in [0.29, 0.717) is 5.69 Å². The Hall–Kier alpha value is -0.930. The zero-order valence-electron chi connectivity index (χ0n) is 8.61. The summed E-state index contributed by atoms with van der Waals surface area (Å²) < 4.78 is 0. The molecule has 3 nitrogen and oxygen atoms in total. The first-order valence-electron chi connectivity index (χ1n) is 5.10. The smallest absolute Gasteiger partial charge is 0.0853 e. The van der Waals surface area contributed by atoms with Crippen molar-refractivity contribution in [1.82, 2.24) is 4.98 Å². The summed E-state index contributed by atoms with van der Waals surface area (Å²) in [6, 6.07) is 5.61. The van der Waals surface area contributed by atoms with Gasteiger partial charge in [-0.15, -0.1) is 0 Å². The largest absolute Gasteiger partial charge is 0.390 e. The van der Waals surface area contributed by atoms with Crippen molar-refractivity contribution in [1.29, 1.82) is 0 Å². The molecule has 0 aliphatic rings. The predicted octanol–water partition coefficient (Wildman–Crippen LogP) is 1.76. The van der Waals surface area contributed by atoms with Gasteiger partial charge in [0.05, 0.1) is 18.0 Å². The predicted molar refractivity (Wildman–Crippen MR) is 56.6 cm³/mol. The highest BCUT2D eigenvalue weighted by molar-refractivity contribution is 5.13. The zero-order chi connectivity index (χ0) is 10.4. The highest BCUT2D eigenvalue weighted by atomic mass is 16.3. The van der Waals surface area contributed by atoms with Crippen molar-refractivity contribution in [3.05, 3.63) is 29.6 Å². The summed E-state index contributed by atoms with van der Waals surface area (Å²) in [5, 5.41) is 8.92. The molecule has 3 N–H and O–H groups in total. The van der Waals surface area contributed by atoms with E-state index in [9.17, 15) is 0 Å². The quantitative estimate of drug-likeness (QED) is 0.751. The number of nitrogens with zero attached hydrogens (tertiary/aromatic N) is 1. The molecule has 0 amide bonds.